The van der Waals surface area contributed by atoms with Gasteiger partial charge >= 0.3 is 11.9 Å². The summed E-state index contributed by atoms with van der Waals surface area (Å²) in [4.78, 5) is 33.3. The van der Waals surface area contributed by atoms with Crippen LogP contribution in [-0.2, 0) is 28.6 Å². The number of esters is 2. The van der Waals surface area contributed by atoms with Crippen LogP contribution in [0.15, 0.2) is 12.2 Å². The van der Waals surface area contributed by atoms with Crippen molar-refractivity contribution in [2.45, 2.75) is 32.7 Å². The maximum atomic E-state index is 11.4. The molecule has 1 aliphatic heterocycles. The summed E-state index contributed by atoms with van der Waals surface area (Å²) in [7, 11) is 0. The van der Waals surface area contributed by atoms with Crippen molar-refractivity contribution in [2.75, 3.05) is 6.61 Å². The fourth-order valence-corrected chi connectivity index (χ4v) is 1.31. The SMILES string of the molecule is CCOC(=O)C[C@@H]1OC(OC(C)=O)C=CC1=O. The molecule has 0 radical (unpaired) electrons. The van der Waals surface area contributed by atoms with Crippen molar-refractivity contribution >= 4 is 17.7 Å². The molecule has 0 aromatic heterocycles. The molecule has 6 heteroatoms. The smallest absolute Gasteiger partial charge is 0.308 e. The predicted octanol–water partition coefficient (Wildman–Crippen LogP) is 0.353. The number of hydrogen-bond donors (Lipinski definition) is 0. The first-order chi connectivity index (χ1) is 8.02. The van der Waals surface area contributed by atoms with Crippen molar-refractivity contribution in [3.8, 4) is 0 Å². The van der Waals surface area contributed by atoms with Crippen molar-refractivity contribution < 1.29 is 28.6 Å². The number of carbonyl (C=O) groups is 3. The standard InChI is InChI=1S/C11H14O6/c1-3-15-10(14)6-9-8(13)4-5-11(17-9)16-7(2)12/h4-5,9,11H,3,6H2,1-2H3/t9-,11?/m0/s1. The molecule has 1 rings (SSSR count). The largest absolute Gasteiger partial charge is 0.466 e. The number of ketones is 1. The van der Waals surface area contributed by atoms with Crippen LogP contribution in [0.3, 0.4) is 0 Å². The molecule has 2 atom stereocenters. The second-order valence-corrected chi connectivity index (χ2v) is 3.37. The lowest BCUT2D eigenvalue weighted by Gasteiger charge is -2.23. The summed E-state index contributed by atoms with van der Waals surface area (Å²) in [5, 5.41) is 0. The minimum atomic E-state index is -0.955. The number of hydrogen-bond acceptors (Lipinski definition) is 6. The van der Waals surface area contributed by atoms with Crippen LogP contribution in [0.4, 0.5) is 0 Å². The summed E-state index contributed by atoms with van der Waals surface area (Å²) < 4.78 is 14.6. The second kappa shape index (κ2) is 6.15. The molecule has 1 unspecified atom stereocenters. The molecular formula is C11H14O6. The average Bonchev–Trinajstić information content (AvgIpc) is 2.22. The predicted molar refractivity (Wildman–Crippen MR) is 55.8 cm³/mol. The van der Waals surface area contributed by atoms with E-state index in [1.807, 2.05) is 0 Å². The maximum absolute atomic E-state index is 11.4. The van der Waals surface area contributed by atoms with Crippen LogP contribution in [0.2, 0.25) is 0 Å². The van der Waals surface area contributed by atoms with Gasteiger partial charge in [0.15, 0.2) is 5.78 Å². The number of rotatable bonds is 4. The van der Waals surface area contributed by atoms with Crippen molar-refractivity contribution in [1.29, 1.82) is 0 Å². The highest BCUT2D eigenvalue weighted by atomic mass is 16.7. The van der Waals surface area contributed by atoms with E-state index >= 15 is 0 Å². The van der Waals surface area contributed by atoms with E-state index in [1.54, 1.807) is 6.92 Å². The summed E-state index contributed by atoms with van der Waals surface area (Å²) in [5.41, 5.74) is 0. The molecule has 0 spiro atoms. The highest BCUT2D eigenvalue weighted by Crippen LogP contribution is 2.14. The molecule has 0 amide bonds. The van der Waals surface area contributed by atoms with Crippen LogP contribution in [0, 0.1) is 0 Å². The number of carbonyl (C=O) groups excluding carboxylic acids is 3. The molecule has 0 saturated heterocycles. The van der Waals surface area contributed by atoms with Crippen molar-refractivity contribution in [1.82, 2.24) is 0 Å². The molecule has 0 saturated carbocycles. The Labute approximate surface area is 98.5 Å². The van der Waals surface area contributed by atoms with Crippen molar-refractivity contribution in [2.24, 2.45) is 0 Å². The van der Waals surface area contributed by atoms with Gasteiger partial charge in [0.05, 0.1) is 13.0 Å². The molecule has 6 nitrogen and oxygen atoms in total. The lowest BCUT2D eigenvalue weighted by Crippen LogP contribution is -2.35. The van der Waals surface area contributed by atoms with Crippen LogP contribution < -0.4 is 0 Å². The Morgan fingerprint density at radius 3 is 2.76 bits per heavy atom. The molecule has 0 aromatic rings. The normalized spacial score (nSPS) is 23.3. The van der Waals surface area contributed by atoms with E-state index in [0.29, 0.717) is 0 Å². The zero-order chi connectivity index (χ0) is 12.8. The van der Waals surface area contributed by atoms with Gasteiger partial charge in [-0.05, 0) is 19.1 Å². The van der Waals surface area contributed by atoms with Crippen LogP contribution >= 0.6 is 0 Å². The molecule has 1 aliphatic rings. The van der Waals surface area contributed by atoms with E-state index in [9.17, 15) is 14.4 Å². The molecule has 94 valence electrons. The Hall–Kier alpha value is -1.69. The third-order valence-electron chi connectivity index (χ3n) is 1.97. The van der Waals surface area contributed by atoms with Gasteiger partial charge < -0.3 is 14.2 Å². The van der Waals surface area contributed by atoms with Gasteiger partial charge in [0.1, 0.15) is 6.10 Å². The van der Waals surface area contributed by atoms with Gasteiger partial charge in [-0.15, -0.1) is 0 Å². The van der Waals surface area contributed by atoms with Crippen LogP contribution in [0.25, 0.3) is 0 Å². The minimum absolute atomic E-state index is 0.186. The Morgan fingerprint density at radius 2 is 2.18 bits per heavy atom. The third kappa shape index (κ3) is 4.36. The summed E-state index contributed by atoms with van der Waals surface area (Å²) >= 11 is 0. The quantitative estimate of drug-likeness (QED) is 0.662. The summed E-state index contributed by atoms with van der Waals surface area (Å²) in [6.45, 7) is 3.14. The van der Waals surface area contributed by atoms with Gasteiger partial charge in [-0.1, -0.05) is 0 Å². The van der Waals surface area contributed by atoms with Gasteiger partial charge in [-0.25, -0.2) is 0 Å². The first-order valence-electron chi connectivity index (χ1n) is 5.23. The molecule has 1 heterocycles. The van der Waals surface area contributed by atoms with E-state index in [4.69, 9.17) is 14.2 Å². The van der Waals surface area contributed by atoms with Crippen LogP contribution in [-0.4, -0.2) is 36.7 Å². The van der Waals surface area contributed by atoms with Gasteiger partial charge in [0.2, 0.25) is 6.29 Å². The Kier molecular flexibility index (Phi) is 4.84. The zero-order valence-electron chi connectivity index (χ0n) is 9.67. The fraction of sp³-hybridized carbons (Fsp3) is 0.545. The Balaban J connectivity index is 2.55. The first kappa shape index (κ1) is 13.4. The van der Waals surface area contributed by atoms with Gasteiger partial charge in [-0.2, -0.15) is 0 Å². The molecular weight excluding hydrogens is 228 g/mol. The average molecular weight is 242 g/mol. The summed E-state index contributed by atoms with van der Waals surface area (Å²) in [6, 6.07) is 0. The summed E-state index contributed by atoms with van der Waals surface area (Å²) in [5.74, 6) is -1.40. The molecule has 0 fully saturated rings. The zero-order valence-corrected chi connectivity index (χ0v) is 9.67. The van der Waals surface area contributed by atoms with E-state index < -0.39 is 24.3 Å². The van der Waals surface area contributed by atoms with E-state index in [0.717, 1.165) is 0 Å². The molecule has 0 aromatic carbocycles. The highest BCUT2D eigenvalue weighted by Gasteiger charge is 2.29. The van der Waals surface area contributed by atoms with Gasteiger partial charge in [0, 0.05) is 6.92 Å². The maximum Gasteiger partial charge on any atom is 0.308 e. The Bertz CT molecular complexity index is 346. The second-order valence-electron chi connectivity index (χ2n) is 3.37. The van der Waals surface area contributed by atoms with Gasteiger partial charge in [0.25, 0.3) is 0 Å². The van der Waals surface area contributed by atoms with Crippen LogP contribution in [0.5, 0.6) is 0 Å². The lowest BCUT2D eigenvalue weighted by atomic mass is 10.1. The van der Waals surface area contributed by atoms with E-state index in [1.165, 1.54) is 19.1 Å². The summed E-state index contributed by atoms with van der Waals surface area (Å²) in [6.07, 6.45) is 0.495. The molecule has 17 heavy (non-hydrogen) atoms. The van der Waals surface area contributed by atoms with Crippen molar-refractivity contribution in [3.05, 3.63) is 12.2 Å². The molecule has 0 aliphatic carbocycles. The van der Waals surface area contributed by atoms with E-state index in [-0.39, 0.29) is 18.8 Å². The fourth-order valence-electron chi connectivity index (χ4n) is 1.31. The minimum Gasteiger partial charge on any atom is -0.466 e. The highest BCUT2D eigenvalue weighted by molar-refractivity contribution is 5.96. The van der Waals surface area contributed by atoms with Crippen molar-refractivity contribution in [3.63, 3.8) is 0 Å². The topological polar surface area (TPSA) is 78.9 Å². The lowest BCUT2D eigenvalue weighted by molar-refractivity contribution is -0.182. The molecule has 0 bridgehead atoms. The monoisotopic (exact) mass is 242 g/mol. The van der Waals surface area contributed by atoms with Crippen LogP contribution in [0.1, 0.15) is 20.3 Å². The number of ether oxygens (including phenoxy) is 3. The Morgan fingerprint density at radius 1 is 1.47 bits per heavy atom. The third-order valence-corrected chi connectivity index (χ3v) is 1.97. The van der Waals surface area contributed by atoms with Gasteiger partial charge in [-0.3, -0.25) is 14.4 Å². The first-order valence-corrected chi connectivity index (χ1v) is 5.23. The molecule has 0 N–H and O–H groups in total. The van der Waals surface area contributed by atoms with E-state index in [2.05, 4.69) is 0 Å².